The molecule has 0 aromatic heterocycles. The van der Waals surface area contributed by atoms with Crippen LogP contribution in [-0.4, -0.2) is 18.0 Å². The Morgan fingerprint density at radius 1 is 1.12 bits per heavy atom. The Kier molecular flexibility index (Phi) is 5.24. The van der Waals surface area contributed by atoms with Crippen LogP contribution in [-0.2, 0) is 0 Å². The zero-order valence-corrected chi connectivity index (χ0v) is 14.6. The van der Waals surface area contributed by atoms with Gasteiger partial charge in [-0.2, -0.15) is 0 Å². The minimum absolute atomic E-state index is 0.112. The number of nitrogens with one attached hydrogen (secondary N) is 3. The van der Waals surface area contributed by atoms with Gasteiger partial charge in [0.2, 0.25) is 0 Å². The van der Waals surface area contributed by atoms with Crippen LogP contribution in [0.15, 0.2) is 48.5 Å². The summed E-state index contributed by atoms with van der Waals surface area (Å²) in [6.45, 7) is 1.88. The molecule has 25 heavy (non-hydrogen) atoms. The van der Waals surface area contributed by atoms with Gasteiger partial charge in [0.1, 0.15) is 0 Å². The molecule has 5 nitrogen and oxygen atoms in total. The Hall–Kier alpha value is -2.53. The zero-order chi connectivity index (χ0) is 17.8. The van der Waals surface area contributed by atoms with Crippen LogP contribution in [0.1, 0.15) is 41.7 Å². The monoisotopic (exact) mass is 357 g/mol. The average Bonchev–Trinajstić information content (AvgIpc) is 3.39. The van der Waals surface area contributed by atoms with E-state index in [0.29, 0.717) is 22.3 Å². The third kappa shape index (κ3) is 4.97. The Morgan fingerprint density at radius 2 is 1.88 bits per heavy atom. The van der Waals surface area contributed by atoms with Gasteiger partial charge in [-0.05, 0) is 55.7 Å². The maximum absolute atomic E-state index is 12.2. The summed E-state index contributed by atoms with van der Waals surface area (Å²) in [5, 5.41) is 9.17. The SMILES string of the molecule is C[C@H](NC(=O)Nc1cccc(C(=O)NC2CC2)c1)c1cccc(Cl)c1. The fraction of sp³-hybridized carbons (Fsp3) is 0.263. The van der Waals surface area contributed by atoms with E-state index in [-0.39, 0.29) is 18.0 Å². The highest BCUT2D eigenvalue weighted by atomic mass is 35.5. The van der Waals surface area contributed by atoms with E-state index in [1.54, 1.807) is 30.3 Å². The van der Waals surface area contributed by atoms with Crippen molar-refractivity contribution < 1.29 is 9.59 Å². The van der Waals surface area contributed by atoms with Crippen molar-refractivity contribution in [2.75, 3.05) is 5.32 Å². The van der Waals surface area contributed by atoms with Crippen molar-refractivity contribution in [3.05, 3.63) is 64.7 Å². The van der Waals surface area contributed by atoms with Gasteiger partial charge in [0.05, 0.1) is 6.04 Å². The van der Waals surface area contributed by atoms with E-state index >= 15 is 0 Å². The first-order valence-corrected chi connectivity index (χ1v) is 8.63. The fourth-order valence-electron chi connectivity index (χ4n) is 2.46. The number of hydrogen-bond donors (Lipinski definition) is 3. The number of anilines is 1. The lowest BCUT2D eigenvalue weighted by molar-refractivity contribution is 0.0951. The molecule has 1 aliphatic carbocycles. The Morgan fingerprint density at radius 3 is 2.60 bits per heavy atom. The molecule has 1 saturated carbocycles. The molecule has 0 radical (unpaired) electrons. The Bertz CT molecular complexity index is 790. The van der Waals surface area contributed by atoms with Gasteiger partial charge in [-0.1, -0.05) is 29.8 Å². The molecule has 0 spiro atoms. The van der Waals surface area contributed by atoms with Crippen LogP contribution >= 0.6 is 11.6 Å². The lowest BCUT2D eigenvalue weighted by Gasteiger charge is -2.15. The molecule has 3 rings (SSSR count). The summed E-state index contributed by atoms with van der Waals surface area (Å²) in [4.78, 5) is 24.3. The van der Waals surface area contributed by atoms with E-state index < -0.39 is 0 Å². The summed E-state index contributed by atoms with van der Waals surface area (Å²) >= 11 is 5.98. The second-order valence-electron chi connectivity index (χ2n) is 6.20. The van der Waals surface area contributed by atoms with Crippen molar-refractivity contribution in [3.63, 3.8) is 0 Å². The summed E-state index contributed by atoms with van der Waals surface area (Å²) in [6, 6.07) is 14.0. The van der Waals surface area contributed by atoms with Crippen LogP contribution in [0.4, 0.5) is 10.5 Å². The van der Waals surface area contributed by atoms with Gasteiger partial charge >= 0.3 is 6.03 Å². The molecule has 2 aromatic rings. The number of amides is 3. The number of carbonyl (C=O) groups excluding carboxylic acids is 2. The standard InChI is InChI=1S/C19H20ClN3O2/c1-12(13-4-2-6-15(20)10-13)21-19(25)23-17-7-3-5-14(11-17)18(24)22-16-8-9-16/h2-7,10-12,16H,8-9H2,1H3,(H,22,24)(H2,21,23,25)/t12-/m0/s1. The second-order valence-corrected chi connectivity index (χ2v) is 6.64. The molecule has 0 bridgehead atoms. The highest BCUT2D eigenvalue weighted by Crippen LogP contribution is 2.20. The molecule has 2 aromatic carbocycles. The van der Waals surface area contributed by atoms with E-state index in [2.05, 4.69) is 16.0 Å². The maximum atomic E-state index is 12.2. The van der Waals surface area contributed by atoms with E-state index in [9.17, 15) is 9.59 Å². The predicted octanol–water partition coefficient (Wildman–Crippen LogP) is 4.11. The minimum Gasteiger partial charge on any atom is -0.349 e. The lowest BCUT2D eigenvalue weighted by atomic mass is 10.1. The Balaban J connectivity index is 1.59. The summed E-state index contributed by atoms with van der Waals surface area (Å²) < 4.78 is 0. The molecule has 6 heteroatoms. The van der Waals surface area contributed by atoms with Crippen molar-refractivity contribution in [3.8, 4) is 0 Å². The summed E-state index contributed by atoms with van der Waals surface area (Å²) in [5.41, 5.74) is 2.02. The van der Waals surface area contributed by atoms with Gasteiger partial charge in [0.15, 0.2) is 0 Å². The van der Waals surface area contributed by atoms with Gasteiger partial charge in [-0.15, -0.1) is 0 Å². The van der Waals surface area contributed by atoms with Crippen molar-refractivity contribution in [2.45, 2.75) is 31.8 Å². The number of rotatable bonds is 5. The van der Waals surface area contributed by atoms with Crippen molar-refractivity contribution in [2.24, 2.45) is 0 Å². The zero-order valence-electron chi connectivity index (χ0n) is 13.9. The highest BCUT2D eigenvalue weighted by molar-refractivity contribution is 6.30. The molecule has 3 N–H and O–H groups in total. The van der Waals surface area contributed by atoms with Crippen LogP contribution in [0.3, 0.4) is 0 Å². The third-order valence-corrected chi connectivity index (χ3v) is 4.23. The normalized spacial score (nSPS) is 14.5. The molecule has 3 amide bonds. The largest absolute Gasteiger partial charge is 0.349 e. The molecule has 1 aliphatic rings. The van der Waals surface area contributed by atoms with Gasteiger partial charge in [0.25, 0.3) is 5.91 Å². The van der Waals surface area contributed by atoms with Crippen molar-refractivity contribution >= 4 is 29.2 Å². The van der Waals surface area contributed by atoms with Crippen LogP contribution in [0.25, 0.3) is 0 Å². The number of benzene rings is 2. The van der Waals surface area contributed by atoms with E-state index in [1.165, 1.54) is 0 Å². The van der Waals surface area contributed by atoms with Crippen LogP contribution in [0, 0.1) is 0 Å². The first-order valence-electron chi connectivity index (χ1n) is 8.25. The van der Waals surface area contributed by atoms with E-state index in [1.807, 2.05) is 25.1 Å². The third-order valence-electron chi connectivity index (χ3n) is 3.99. The number of carbonyl (C=O) groups is 2. The quantitative estimate of drug-likeness (QED) is 0.753. The average molecular weight is 358 g/mol. The summed E-state index contributed by atoms with van der Waals surface area (Å²) in [5.74, 6) is -0.112. The van der Waals surface area contributed by atoms with Crippen molar-refractivity contribution in [1.82, 2.24) is 10.6 Å². The summed E-state index contributed by atoms with van der Waals surface area (Å²) in [7, 11) is 0. The summed E-state index contributed by atoms with van der Waals surface area (Å²) in [6.07, 6.45) is 2.07. The topological polar surface area (TPSA) is 70.2 Å². The molecule has 130 valence electrons. The number of hydrogen-bond acceptors (Lipinski definition) is 2. The van der Waals surface area contributed by atoms with Gasteiger partial charge < -0.3 is 16.0 Å². The highest BCUT2D eigenvalue weighted by Gasteiger charge is 2.23. The van der Waals surface area contributed by atoms with Gasteiger partial charge in [-0.25, -0.2) is 4.79 Å². The fourth-order valence-corrected chi connectivity index (χ4v) is 2.66. The Labute approximate surface area is 151 Å². The van der Waals surface area contributed by atoms with Gasteiger partial charge in [-0.3, -0.25) is 4.79 Å². The molecule has 1 atom stereocenters. The molecule has 0 saturated heterocycles. The minimum atomic E-state index is -0.341. The second kappa shape index (κ2) is 7.57. The van der Waals surface area contributed by atoms with Crippen LogP contribution in [0.5, 0.6) is 0 Å². The smallest absolute Gasteiger partial charge is 0.319 e. The first kappa shape index (κ1) is 17.3. The molecular weight excluding hydrogens is 338 g/mol. The molecular formula is C19H20ClN3O2. The van der Waals surface area contributed by atoms with E-state index in [4.69, 9.17) is 11.6 Å². The number of urea groups is 1. The van der Waals surface area contributed by atoms with Crippen LogP contribution in [0.2, 0.25) is 5.02 Å². The number of halogens is 1. The van der Waals surface area contributed by atoms with E-state index in [0.717, 1.165) is 18.4 Å². The van der Waals surface area contributed by atoms with Crippen LogP contribution < -0.4 is 16.0 Å². The lowest BCUT2D eigenvalue weighted by Crippen LogP contribution is -2.31. The molecule has 0 heterocycles. The van der Waals surface area contributed by atoms with Gasteiger partial charge in [0, 0.05) is 22.3 Å². The first-order chi connectivity index (χ1) is 12.0. The molecule has 0 aliphatic heterocycles. The predicted molar refractivity (Wildman–Crippen MR) is 99.0 cm³/mol. The molecule has 1 fully saturated rings. The van der Waals surface area contributed by atoms with Crippen molar-refractivity contribution in [1.29, 1.82) is 0 Å². The molecule has 0 unspecified atom stereocenters. The maximum Gasteiger partial charge on any atom is 0.319 e.